The van der Waals surface area contributed by atoms with E-state index in [2.05, 4.69) is 20.2 Å². The molecule has 0 aliphatic heterocycles. The minimum Gasteiger partial charge on any atom is -0.351 e. The Morgan fingerprint density at radius 2 is 2.00 bits per heavy atom. The van der Waals surface area contributed by atoms with Gasteiger partial charge in [0.05, 0.1) is 17.3 Å². The molecule has 0 saturated carbocycles. The number of urea groups is 1. The number of hydrogen-bond donors (Lipinski definition) is 2. The summed E-state index contributed by atoms with van der Waals surface area (Å²) in [4.78, 5) is 21.2. The zero-order valence-electron chi connectivity index (χ0n) is 9.82. The van der Waals surface area contributed by atoms with Gasteiger partial charge in [0, 0.05) is 6.20 Å². The molecule has 0 bridgehead atoms. The first-order valence-corrected chi connectivity index (χ1v) is 5.56. The summed E-state index contributed by atoms with van der Waals surface area (Å²) >= 11 is 0. The number of carbonyl (C=O) groups excluding carboxylic acids is 1. The summed E-state index contributed by atoms with van der Waals surface area (Å²) in [5, 5.41) is 7.35. The average molecular weight is 254 g/mol. The van der Waals surface area contributed by atoms with Crippen molar-refractivity contribution in [3.8, 4) is 0 Å². The molecular weight excluding hydrogens is 244 g/mol. The van der Waals surface area contributed by atoms with Crippen LogP contribution >= 0.6 is 0 Å². The van der Waals surface area contributed by atoms with Crippen LogP contribution in [-0.4, -0.2) is 26.2 Å². The third-order valence-corrected chi connectivity index (χ3v) is 2.61. The predicted octanol–water partition coefficient (Wildman–Crippen LogP) is 1.57. The molecule has 0 aliphatic carbocycles. The Kier molecular flexibility index (Phi) is 2.57. The van der Waals surface area contributed by atoms with Gasteiger partial charge in [0.2, 0.25) is 5.95 Å². The van der Waals surface area contributed by atoms with Crippen molar-refractivity contribution in [2.45, 2.75) is 0 Å². The van der Waals surface area contributed by atoms with E-state index < -0.39 is 6.03 Å². The summed E-state index contributed by atoms with van der Waals surface area (Å²) in [7, 11) is 0. The van der Waals surface area contributed by atoms with Crippen LogP contribution in [0.4, 0.5) is 16.4 Å². The van der Waals surface area contributed by atoms with E-state index in [1.807, 2.05) is 6.07 Å². The highest BCUT2D eigenvalue weighted by Gasteiger charge is 2.18. The molecule has 0 atom stereocenters. The van der Waals surface area contributed by atoms with Gasteiger partial charge in [-0.2, -0.15) is 10.1 Å². The summed E-state index contributed by atoms with van der Waals surface area (Å²) in [6.45, 7) is 0. The lowest BCUT2D eigenvalue weighted by molar-refractivity contribution is 0.256. The first-order chi connectivity index (χ1) is 9.25. The number of benzene rings is 1. The predicted molar refractivity (Wildman–Crippen MR) is 69.8 cm³/mol. The van der Waals surface area contributed by atoms with E-state index in [0.717, 1.165) is 5.39 Å². The van der Waals surface area contributed by atoms with E-state index >= 15 is 0 Å². The maximum Gasteiger partial charge on any atom is 0.326 e. The van der Waals surface area contributed by atoms with Gasteiger partial charge in [0.25, 0.3) is 0 Å². The van der Waals surface area contributed by atoms with Gasteiger partial charge in [-0.05, 0) is 12.1 Å². The number of amides is 2. The van der Waals surface area contributed by atoms with E-state index in [0.29, 0.717) is 11.3 Å². The average Bonchev–Trinajstić information content (AvgIpc) is 2.87. The monoisotopic (exact) mass is 254 g/mol. The van der Waals surface area contributed by atoms with Gasteiger partial charge >= 0.3 is 6.03 Å². The smallest absolute Gasteiger partial charge is 0.326 e. The molecule has 0 radical (unpaired) electrons. The molecule has 0 spiro atoms. The molecule has 0 aliphatic rings. The number of primary amides is 1. The molecule has 2 heterocycles. The lowest BCUT2D eigenvalue weighted by Gasteiger charge is -2.17. The number of aromatic amines is 1. The standard InChI is InChI=1S/C12H10N6O/c13-11(19)18(9-4-2-1-3-5-9)12-14-6-8-7-15-17-10(8)16-12/h1-7H,(H2,13,19)(H,14,15,16,17). The molecule has 0 fully saturated rings. The van der Waals surface area contributed by atoms with Crippen LogP contribution in [-0.2, 0) is 0 Å². The summed E-state index contributed by atoms with van der Waals surface area (Å²) in [6, 6.07) is 8.32. The van der Waals surface area contributed by atoms with Gasteiger partial charge in [-0.15, -0.1) is 0 Å². The Labute approximate surface area is 108 Å². The SMILES string of the molecule is NC(=O)N(c1ccccc1)c1ncc2cn[nH]c2n1. The van der Waals surface area contributed by atoms with Gasteiger partial charge in [0.1, 0.15) is 0 Å². The summed E-state index contributed by atoms with van der Waals surface area (Å²) in [6.07, 6.45) is 3.19. The molecule has 3 aromatic rings. The first kappa shape index (κ1) is 11.1. The molecule has 0 unspecified atom stereocenters. The van der Waals surface area contributed by atoms with Crippen LogP contribution in [0, 0.1) is 0 Å². The minimum absolute atomic E-state index is 0.204. The third-order valence-electron chi connectivity index (χ3n) is 2.61. The van der Waals surface area contributed by atoms with Gasteiger partial charge in [-0.1, -0.05) is 18.2 Å². The molecule has 3 rings (SSSR count). The minimum atomic E-state index is -0.648. The van der Waals surface area contributed by atoms with Crippen molar-refractivity contribution in [2.24, 2.45) is 5.73 Å². The molecule has 7 nitrogen and oxygen atoms in total. The van der Waals surface area contributed by atoms with E-state index in [4.69, 9.17) is 5.73 Å². The van der Waals surface area contributed by atoms with Crippen LogP contribution in [0.15, 0.2) is 42.7 Å². The number of nitrogens with zero attached hydrogens (tertiary/aromatic N) is 4. The van der Waals surface area contributed by atoms with Crippen LogP contribution in [0.5, 0.6) is 0 Å². The molecule has 0 saturated heterocycles. The third kappa shape index (κ3) is 1.97. The van der Waals surface area contributed by atoms with Crippen molar-refractivity contribution in [3.63, 3.8) is 0 Å². The van der Waals surface area contributed by atoms with Crippen molar-refractivity contribution >= 4 is 28.7 Å². The lowest BCUT2D eigenvalue weighted by atomic mass is 10.3. The van der Waals surface area contributed by atoms with Crippen LogP contribution in [0.1, 0.15) is 0 Å². The number of para-hydroxylation sites is 1. The molecule has 2 amide bonds. The van der Waals surface area contributed by atoms with Crippen molar-refractivity contribution in [2.75, 3.05) is 4.90 Å². The topological polar surface area (TPSA) is 101 Å². The second-order valence-corrected chi connectivity index (χ2v) is 3.85. The number of H-pyrrole nitrogens is 1. The number of aromatic nitrogens is 4. The number of nitrogens with two attached hydrogens (primary N) is 1. The van der Waals surface area contributed by atoms with Crippen molar-refractivity contribution < 1.29 is 4.79 Å². The van der Waals surface area contributed by atoms with E-state index in [1.165, 1.54) is 4.90 Å². The van der Waals surface area contributed by atoms with Crippen LogP contribution in [0.2, 0.25) is 0 Å². The fourth-order valence-electron chi connectivity index (χ4n) is 1.75. The Morgan fingerprint density at radius 1 is 1.21 bits per heavy atom. The second-order valence-electron chi connectivity index (χ2n) is 3.85. The second kappa shape index (κ2) is 4.37. The van der Waals surface area contributed by atoms with Gasteiger partial charge in [0.15, 0.2) is 5.65 Å². The van der Waals surface area contributed by atoms with Gasteiger partial charge < -0.3 is 5.73 Å². The highest BCUT2D eigenvalue weighted by atomic mass is 16.2. The fourth-order valence-corrected chi connectivity index (χ4v) is 1.75. The van der Waals surface area contributed by atoms with Crippen molar-refractivity contribution in [1.82, 2.24) is 20.2 Å². The maximum absolute atomic E-state index is 11.6. The van der Waals surface area contributed by atoms with Crippen molar-refractivity contribution in [3.05, 3.63) is 42.7 Å². The highest BCUT2D eigenvalue weighted by Crippen LogP contribution is 2.22. The number of nitrogens with one attached hydrogen (secondary N) is 1. The normalized spacial score (nSPS) is 10.5. The number of rotatable bonds is 2. The first-order valence-electron chi connectivity index (χ1n) is 5.56. The number of hydrogen-bond acceptors (Lipinski definition) is 4. The number of fused-ring (bicyclic) bond motifs is 1. The molecular formula is C12H10N6O. The maximum atomic E-state index is 11.6. The zero-order valence-corrected chi connectivity index (χ0v) is 9.82. The van der Waals surface area contributed by atoms with Gasteiger partial charge in [-0.25, -0.2) is 14.7 Å². The summed E-state index contributed by atoms with van der Waals surface area (Å²) in [5.74, 6) is 0.204. The van der Waals surface area contributed by atoms with E-state index in [9.17, 15) is 4.79 Å². The molecule has 94 valence electrons. The zero-order chi connectivity index (χ0) is 13.2. The largest absolute Gasteiger partial charge is 0.351 e. The fraction of sp³-hybridized carbons (Fsp3) is 0. The van der Waals surface area contributed by atoms with Gasteiger partial charge in [-0.3, -0.25) is 5.10 Å². The van der Waals surface area contributed by atoms with Crippen LogP contribution in [0.3, 0.4) is 0 Å². The van der Waals surface area contributed by atoms with Crippen molar-refractivity contribution in [1.29, 1.82) is 0 Å². The molecule has 7 heteroatoms. The number of anilines is 2. The van der Waals surface area contributed by atoms with Crippen LogP contribution < -0.4 is 10.6 Å². The van der Waals surface area contributed by atoms with E-state index in [-0.39, 0.29) is 5.95 Å². The Hall–Kier alpha value is -2.96. The highest BCUT2D eigenvalue weighted by molar-refractivity contribution is 5.97. The summed E-state index contributed by atoms with van der Waals surface area (Å²) in [5.41, 5.74) is 6.56. The molecule has 1 aromatic carbocycles. The van der Waals surface area contributed by atoms with E-state index in [1.54, 1.807) is 36.7 Å². The Balaban J connectivity index is 2.12. The van der Waals surface area contributed by atoms with Crippen LogP contribution in [0.25, 0.3) is 11.0 Å². The summed E-state index contributed by atoms with van der Waals surface area (Å²) < 4.78 is 0. The molecule has 19 heavy (non-hydrogen) atoms. The number of carbonyl (C=O) groups is 1. The molecule has 2 aromatic heterocycles. The lowest BCUT2D eigenvalue weighted by Crippen LogP contribution is -2.32. The quantitative estimate of drug-likeness (QED) is 0.724. The Morgan fingerprint density at radius 3 is 2.74 bits per heavy atom. The Bertz CT molecular complexity index is 723. The molecule has 3 N–H and O–H groups in total.